The minimum atomic E-state index is -0.271. The van der Waals surface area contributed by atoms with Crippen molar-refractivity contribution < 1.29 is 14.3 Å². The van der Waals surface area contributed by atoms with Crippen LogP contribution in [0.5, 0.6) is 0 Å². The number of nitrogens with one attached hydrogen (secondary N) is 2. The van der Waals surface area contributed by atoms with Crippen molar-refractivity contribution >= 4 is 22.9 Å². The number of carbonyl (C=O) groups is 2. The van der Waals surface area contributed by atoms with E-state index in [1.54, 1.807) is 12.4 Å². The molecule has 3 aromatic rings. The predicted octanol–water partition coefficient (Wildman–Crippen LogP) is 5.50. The number of fused-ring (bicyclic) bond motifs is 1. The highest BCUT2D eigenvalue weighted by Crippen LogP contribution is 2.29. The number of aromatic nitrogens is 2. The van der Waals surface area contributed by atoms with E-state index in [1.807, 2.05) is 42.5 Å². The Labute approximate surface area is 212 Å². The number of hydrogen-bond donors (Lipinski definition) is 2. The van der Waals surface area contributed by atoms with Crippen LogP contribution < -0.4 is 10.6 Å². The highest BCUT2D eigenvalue weighted by molar-refractivity contribution is 6.07. The first-order valence-corrected chi connectivity index (χ1v) is 13.2. The SMILES string of the molecule is O=C(NC[C@H]1CC[C@H](CNC(=O)c2cc(-c3ccncc3)nc3ccccc23)CC1)OC1CCCC1. The van der Waals surface area contributed by atoms with E-state index in [0.717, 1.165) is 73.5 Å². The Kier molecular flexibility index (Phi) is 7.74. The molecule has 36 heavy (non-hydrogen) atoms. The molecular weight excluding hydrogens is 452 g/mol. The lowest BCUT2D eigenvalue weighted by Crippen LogP contribution is -2.35. The maximum absolute atomic E-state index is 13.3. The van der Waals surface area contributed by atoms with E-state index in [2.05, 4.69) is 15.6 Å². The third-order valence-corrected chi connectivity index (χ3v) is 7.57. The van der Waals surface area contributed by atoms with Crippen molar-refractivity contribution in [3.63, 3.8) is 0 Å². The summed E-state index contributed by atoms with van der Waals surface area (Å²) in [4.78, 5) is 34.1. The van der Waals surface area contributed by atoms with Crippen LogP contribution in [0.2, 0.25) is 0 Å². The number of hydrogen-bond acceptors (Lipinski definition) is 5. The highest BCUT2D eigenvalue weighted by atomic mass is 16.6. The number of rotatable bonds is 7. The molecule has 2 amide bonds. The van der Waals surface area contributed by atoms with Gasteiger partial charge in [0.15, 0.2) is 0 Å². The van der Waals surface area contributed by atoms with Gasteiger partial charge >= 0.3 is 6.09 Å². The maximum atomic E-state index is 13.3. The van der Waals surface area contributed by atoms with Gasteiger partial charge in [-0.3, -0.25) is 9.78 Å². The summed E-state index contributed by atoms with van der Waals surface area (Å²) in [5.41, 5.74) is 3.15. The second-order valence-corrected chi connectivity index (χ2v) is 10.1. The van der Waals surface area contributed by atoms with Crippen LogP contribution >= 0.6 is 0 Å². The fourth-order valence-electron chi connectivity index (χ4n) is 5.43. The van der Waals surface area contributed by atoms with E-state index < -0.39 is 0 Å². The summed E-state index contributed by atoms with van der Waals surface area (Å²) >= 11 is 0. The molecule has 0 spiro atoms. The first kappa shape index (κ1) is 24.2. The summed E-state index contributed by atoms with van der Waals surface area (Å²) in [5, 5.41) is 6.99. The van der Waals surface area contributed by atoms with Gasteiger partial charge < -0.3 is 15.4 Å². The molecule has 2 heterocycles. The molecule has 0 atom stereocenters. The van der Waals surface area contributed by atoms with Crippen LogP contribution in [0.4, 0.5) is 4.79 Å². The molecule has 0 aliphatic heterocycles. The largest absolute Gasteiger partial charge is 0.446 e. The summed E-state index contributed by atoms with van der Waals surface area (Å²) in [6.07, 6.45) is 11.8. The first-order valence-electron chi connectivity index (χ1n) is 13.2. The first-order chi connectivity index (χ1) is 17.7. The van der Waals surface area contributed by atoms with Crippen molar-refractivity contribution in [3.8, 4) is 11.3 Å². The quantitative estimate of drug-likeness (QED) is 0.460. The molecular formula is C29H34N4O3. The van der Waals surface area contributed by atoms with Gasteiger partial charge in [-0.05, 0) is 87.5 Å². The van der Waals surface area contributed by atoms with Crippen LogP contribution in [-0.2, 0) is 4.74 Å². The van der Waals surface area contributed by atoms with Crippen molar-refractivity contribution in [3.05, 3.63) is 60.4 Å². The van der Waals surface area contributed by atoms with Crippen molar-refractivity contribution in [1.82, 2.24) is 20.6 Å². The van der Waals surface area contributed by atoms with Gasteiger partial charge in [-0.2, -0.15) is 0 Å². The van der Waals surface area contributed by atoms with Gasteiger partial charge in [0.1, 0.15) is 6.10 Å². The van der Waals surface area contributed by atoms with Gasteiger partial charge in [0, 0.05) is 36.4 Å². The lowest BCUT2D eigenvalue weighted by Gasteiger charge is -2.28. The Morgan fingerprint density at radius 3 is 2.25 bits per heavy atom. The van der Waals surface area contributed by atoms with E-state index in [4.69, 9.17) is 9.72 Å². The van der Waals surface area contributed by atoms with E-state index in [9.17, 15) is 9.59 Å². The zero-order valence-corrected chi connectivity index (χ0v) is 20.6. The number of para-hydroxylation sites is 1. The number of benzene rings is 1. The number of nitrogens with zero attached hydrogens (tertiary/aromatic N) is 2. The van der Waals surface area contributed by atoms with Gasteiger partial charge in [-0.25, -0.2) is 9.78 Å². The zero-order valence-electron chi connectivity index (χ0n) is 20.6. The average Bonchev–Trinajstić information content (AvgIpc) is 3.44. The third-order valence-electron chi connectivity index (χ3n) is 7.57. The molecule has 2 N–H and O–H groups in total. The molecule has 5 rings (SSSR count). The molecule has 2 aliphatic carbocycles. The topological polar surface area (TPSA) is 93.2 Å². The minimum absolute atomic E-state index is 0.0673. The average molecular weight is 487 g/mol. The summed E-state index contributed by atoms with van der Waals surface area (Å²) in [7, 11) is 0. The second kappa shape index (κ2) is 11.5. The second-order valence-electron chi connectivity index (χ2n) is 10.1. The number of ether oxygens (including phenoxy) is 1. The van der Waals surface area contributed by atoms with Crippen LogP contribution in [0, 0.1) is 11.8 Å². The summed E-state index contributed by atoms with van der Waals surface area (Å²) < 4.78 is 5.49. The molecule has 7 heteroatoms. The van der Waals surface area contributed by atoms with E-state index >= 15 is 0 Å². The number of pyridine rings is 2. The molecule has 0 saturated heterocycles. The molecule has 0 unspecified atom stereocenters. The fourth-order valence-corrected chi connectivity index (χ4v) is 5.43. The Morgan fingerprint density at radius 2 is 1.53 bits per heavy atom. The Bertz CT molecular complexity index is 1190. The third kappa shape index (κ3) is 6.01. The van der Waals surface area contributed by atoms with Crippen LogP contribution in [0.15, 0.2) is 54.9 Å². The smallest absolute Gasteiger partial charge is 0.407 e. The monoisotopic (exact) mass is 486 g/mol. The molecule has 2 saturated carbocycles. The van der Waals surface area contributed by atoms with Gasteiger partial charge in [0.2, 0.25) is 0 Å². The number of carbonyl (C=O) groups excluding carboxylic acids is 2. The molecule has 1 aromatic carbocycles. The van der Waals surface area contributed by atoms with Gasteiger partial charge in [-0.1, -0.05) is 18.2 Å². The Morgan fingerprint density at radius 1 is 0.861 bits per heavy atom. The molecule has 2 fully saturated rings. The normalized spacial score (nSPS) is 20.2. The van der Waals surface area contributed by atoms with Crippen molar-refractivity contribution in [2.24, 2.45) is 11.8 Å². The van der Waals surface area contributed by atoms with Crippen molar-refractivity contribution in [2.75, 3.05) is 13.1 Å². The molecule has 0 radical (unpaired) electrons. The van der Waals surface area contributed by atoms with E-state index in [-0.39, 0.29) is 18.1 Å². The van der Waals surface area contributed by atoms with Gasteiger partial charge in [0.05, 0.1) is 16.8 Å². The van der Waals surface area contributed by atoms with Crippen LogP contribution in [0.25, 0.3) is 22.2 Å². The molecule has 0 bridgehead atoms. The van der Waals surface area contributed by atoms with Crippen molar-refractivity contribution in [2.45, 2.75) is 57.5 Å². The van der Waals surface area contributed by atoms with E-state index in [0.29, 0.717) is 30.5 Å². The summed E-state index contributed by atoms with van der Waals surface area (Å²) in [5.74, 6) is 0.853. The maximum Gasteiger partial charge on any atom is 0.407 e. The fraction of sp³-hybridized carbons (Fsp3) is 0.448. The molecule has 2 aliphatic rings. The molecule has 7 nitrogen and oxygen atoms in total. The zero-order chi connectivity index (χ0) is 24.7. The Hall–Kier alpha value is -3.48. The molecule has 2 aromatic heterocycles. The van der Waals surface area contributed by atoms with Gasteiger partial charge in [0.25, 0.3) is 5.91 Å². The van der Waals surface area contributed by atoms with Crippen LogP contribution in [-0.4, -0.2) is 41.2 Å². The lowest BCUT2D eigenvalue weighted by atomic mass is 9.82. The Balaban J connectivity index is 1.13. The molecule has 188 valence electrons. The lowest BCUT2D eigenvalue weighted by molar-refractivity contribution is 0.0933. The summed E-state index contributed by atoms with van der Waals surface area (Å²) in [6.45, 7) is 1.33. The van der Waals surface area contributed by atoms with E-state index in [1.165, 1.54) is 0 Å². The number of amides is 2. The predicted molar refractivity (Wildman–Crippen MR) is 139 cm³/mol. The standard InChI is InChI=1S/C29H34N4O3/c34-28(25-17-27(22-13-15-30-16-14-22)33-26-8-4-3-7-24(25)26)31-18-20-9-11-21(12-10-20)19-32-29(35)36-23-5-1-2-6-23/h3-4,7-8,13-17,20-21,23H,1-2,5-6,9-12,18-19H2,(H,31,34)(H,32,35)/t20-,21-. The minimum Gasteiger partial charge on any atom is -0.446 e. The van der Waals surface area contributed by atoms with Crippen LogP contribution in [0.3, 0.4) is 0 Å². The van der Waals surface area contributed by atoms with Crippen LogP contribution in [0.1, 0.15) is 61.7 Å². The highest BCUT2D eigenvalue weighted by Gasteiger charge is 2.24. The van der Waals surface area contributed by atoms with Crippen molar-refractivity contribution in [1.29, 1.82) is 0 Å². The van der Waals surface area contributed by atoms with Gasteiger partial charge in [-0.15, -0.1) is 0 Å². The number of alkyl carbamates (subject to hydrolysis) is 1. The summed E-state index contributed by atoms with van der Waals surface area (Å²) in [6, 6.07) is 13.4.